The first-order valence-corrected chi connectivity index (χ1v) is 12.8. The molecule has 210 valence electrons. The standard InChI is InChI=1S/C30H28N4O7/c1-20(36)33(23(19-35)17-28(38)39)34-26-15-9-8-14-25(26)32(27(37)16-21-10-4-2-5-11-21)18-24(30(34)41)31-29(40)22-12-6-3-7-13-22/h2-15,19,23-24H,16-18H2,1H3,(H,31,40)(H,38,39)/t23-,24-/m0/s1. The van der Waals surface area contributed by atoms with Crippen LogP contribution in [0.5, 0.6) is 0 Å². The predicted octanol–water partition coefficient (Wildman–Crippen LogP) is 2.21. The second-order valence-electron chi connectivity index (χ2n) is 9.36. The average Bonchev–Trinajstić information content (AvgIpc) is 3.08. The number of hydrogen-bond acceptors (Lipinski definition) is 6. The van der Waals surface area contributed by atoms with E-state index in [-0.39, 0.29) is 42.1 Å². The molecule has 0 unspecified atom stereocenters. The number of rotatable bonds is 9. The zero-order valence-electron chi connectivity index (χ0n) is 22.2. The van der Waals surface area contributed by atoms with E-state index in [9.17, 15) is 33.9 Å². The summed E-state index contributed by atoms with van der Waals surface area (Å²) in [6.45, 7) is 0.808. The summed E-state index contributed by atoms with van der Waals surface area (Å²) in [5.41, 5.74) is 1.29. The van der Waals surface area contributed by atoms with Crippen molar-refractivity contribution in [3.05, 3.63) is 96.1 Å². The van der Waals surface area contributed by atoms with Gasteiger partial charge in [0.15, 0.2) is 0 Å². The van der Waals surface area contributed by atoms with Crippen LogP contribution in [0.4, 0.5) is 11.4 Å². The molecule has 11 nitrogen and oxygen atoms in total. The number of carbonyl (C=O) groups is 6. The Morgan fingerprint density at radius 1 is 0.951 bits per heavy atom. The second-order valence-corrected chi connectivity index (χ2v) is 9.36. The van der Waals surface area contributed by atoms with E-state index in [1.807, 2.05) is 6.07 Å². The third kappa shape index (κ3) is 6.47. The molecule has 0 radical (unpaired) electrons. The fraction of sp³-hybridized carbons (Fsp3) is 0.200. The molecule has 0 bridgehead atoms. The normalized spacial score (nSPS) is 15.2. The minimum absolute atomic E-state index is 0.0187. The summed E-state index contributed by atoms with van der Waals surface area (Å²) in [5.74, 6) is -3.97. The lowest BCUT2D eigenvalue weighted by molar-refractivity contribution is -0.145. The Morgan fingerprint density at radius 2 is 1.54 bits per heavy atom. The molecule has 4 rings (SSSR count). The Morgan fingerprint density at radius 3 is 2.12 bits per heavy atom. The van der Waals surface area contributed by atoms with Gasteiger partial charge in [0.2, 0.25) is 11.8 Å². The first kappa shape index (κ1) is 28.7. The number of hydrogen-bond donors (Lipinski definition) is 2. The SMILES string of the molecule is CC(=O)N([C@H](C=O)CC(=O)O)N1C(=O)[C@@H](NC(=O)c2ccccc2)CN(C(=O)Cc2ccccc2)c2ccccc21. The largest absolute Gasteiger partial charge is 0.481 e. The molecule has 0 fully saturated rings. The van der Waals surface area contributed by atoms with Crippen molar-refractivity contribution in [2.45, 2.75) is 31.8 Å². The Labute approximate surface area is 235 Å². The first-order chi connectivity index (χ1) is 19.7. The number of carbonyl (C=O) groups excluding carboxylic acids is 5. The smallest absolute Gasteiger partial charge is 0.305 e. The molecule has 11 heteroatoms. The number of carboxylic acid groups (broad SMARTS) is 1. The van der Waals surface area contributed by atoms with Crippen molar-refractivity contribution in [3.8, 4) is 0 Å². The summed E-state index contributed by atoms with van der Waals surface area (Å²) in [7, 11) is 0. The van der Waals surface area contributed by atoms with Crippen LogP contribution < -0.4 is 15.2 Å². The highest BCUT2D eigenvalue weighted by atomic mass is 16.4. The number of aliphatic carboxylic acids is 1. The summed E-state index contributed by atoms with van der Waals surface area (Å²) in [6.07, 6.45) is -0.520. The van der Waals surface area contributed by atoms with Gasteiger partial charge in [-0.1, -0.05) is 60.7 Å². The first-order valence-electron chi connectivity index (χ1n) is 12.8. The highest BCUT2D eigenvalue weighted by Gasteiger charge is 2.42. The van der Waals surface area contributed by atoms with E-state index >= 15 is 0 Å². The number of fused-ring (bicyclic) bond motifs is 1. The number of carboxylic acids is 1. The molecule has 0 aliphatic carbocycles. The topological polar surface area (TPSA) is 144 Å². The van der Waals surface area contributed by atoms with Gasteiger partial charge in [0, 0.05) is 12.5 Å². The maximum absolute atomic E-state index is 14.2. The Kier molecular flexibility index (Phi) is 8.88. The molecular formula is C30H28N4O7. The van der Waals surface area contributed by atoms with E-state index in [1.165, 1.54) is 11.0 Å². The molecule has 3 aromatic carbocycles. The summed E-state index contributed by atoms with van der Waals surface area (Å²) in [4.78, 5) is 78.9. The number of amides is 4. The van der Waals surface area contributed by atoms with Gasteiger partial charge in [-0.25, -0.2) is 10.0 Å². The van der Waals surface area contributed by atoms with E-state index in [2.05, 4.69) is 5.32 Å². The fourth-order valence-electron chi connectivity index (χ4n) is 4.65. The van der Waals surface area contributed by atoms with Crippen LogP contribution in [0.3, 0.4) is 0 Å². The number of hydrazine groups is 1. The number of benzene rings is 3. The van der Waals surface area contributed by atoms with Gasteiger partial charge in [-0.15, -0.1) is 0 Å². The number of aldehydes is 1. The molecule has 0 saturated heterocycles. The molecule has 3 aromatic rings. The van der Waals surface area contributed by atoms with Crippen LogP contribution in [0, 0.1) is 0 Å². The Hall–Kier alpha value is -5.32. The third-order valence-electron chi connectivity index (χ3n) is 6.51. The van der Waals surface area contributed by atoms with Gasteiger partial charge in [-0.05, 0) is 29.8 Å². The van der Waals surface area contributed by atoms with Crippen molar-refractivity contribution in [2.24, 2.45) is 0 Å². The minimum Gasteiger partial charge on any atom is -0.481 e. The van der Waals surface area contributed by atoms with Crippen molar-refractivity contribution < 1.29 is 33.9 Å². The van der Waals surface area contributed by atoms with E-state index in [1.54, 1.807) is 72.8 Å². The quantitative estimate of drug-likeness (QED) is 0.385. The maximum atomic E-state index is 14.2. The Bertz CT molecular complexity index is 1460. The predicted molar refractivity (Wildman–Crippen MR) is 149 cm³/mol. The summed E-state index contributed by atoms with van der Waals surface area (Å²) < 4.78 is 0. The minimum atomic E-state index is -1.54. The van der Waals surface area contributed by atoms with Gasteiger partial charge in [0.05, 0.1) is 30.8 Å². The van der Waals surface area contributed by atoms with Crippen molar-refractivity contribution >= 4 is 47.3 Å². The number of para-hydroxylation sites is 2. The van der Waals surface area contributed by atoms with Crippen LogP contribution in [0.1, 0.15) is 29.3 Å². The molecule has 41 heavy (non-hydrogen) atoms. The summed E-state index contributed by atoms with van der Waals surface area (Å²) in [6, 6.07) is 20.5. The van der Waals surface area contributed by atoms with Crippen LogP contribution in [0.25, 0.3) is 0 Å². The zero-order valence-corrected chi connectivity index (χ0v) is 22.2. The van der Waals surface area contributed by atoms with Crippen molar-refractivity contribution in [2.75, 3.05) is 16.5 Å². The molecular weight excluding hydrogens is 528 g/mol. The summed E-state index contributed by atoms with van der Waals surface area (Å²) in [5, 5.41) is 13.7. The number of anilines is 2. The number of nitrogens with one attached hydrogen (secondary N) is 1. The highest BCUT2D eigenvalue weighted by molar-refractivity contribution is 6.10. The molecule has 0 saturated carbocycles. The van der Waals surface area contributed by atoms with Gasteiger partial charge in [-0.3, -0.25) is 24.0 Å². The van der Waals surface area contributed by atoms with Gasteiger partial charge in [-0.2, -0.15) is 0 Å². The van der Waals surface area contributed by atoms with Gasteiger partial charge >= 0.3 is 5.97 Å². The van der Waals surface area contributed by atoms with E-state index in [0.717, 1.165) is 22.5 Å². The van der Waals surface area contributed by atoms with E-state index < -0.39 is 42.2 Å². The van der Waals surface area contributed by atoms with E-state index in [0.29, 0.717) is 0 Å². The lowest BCUT2D eigenvalue weighted by Crippen LogP contribution is -2.61. The molecule has 2 N–H and O–H groups in total. The lowest BCUT2D eigenvalue weighted by Gasteiger charge is -2.38. The zero-order chi connectivity index (χ0) is 29.5. The van der Waals surface area contributed by atoms with E-state index in [4.69, 9.17) is 0 Å². The Balaban J connectivity index is 1.84. The van der Waals surface area contributed by atoms with Gasteiger partial charge in [0.25, 0.3) is 11.8 Å². The number of nitrogens with zero attached hydrogens (tertiary/aromatic N) is 3. The fourth-order valence-corrected chi connectivity index (χ4v) is 4.65. The van der Waals surface area contributed by atoms with Crippen LogP contribution in [0.2, 0.25) is 0 Å². The monoisotopic (exact) mass is 556 g/mol. The molecule has 1 aliphatic rings. The summed E-state index contributed by atoms with van der Waals surface area (Å²) >= 11 is 0. The highest BCUT2D eigenvalue weighted by Crippen LogP contribution is 2.35. The van der Waals surface area contributed by atoms with Crippen LogP contribution >= 0.6 is 0 Å². The molecule has 4 amide bonds. The van der Waals surface area contributed by atoms with Gasteiger partial charge < -0.3 is 20.1 Å². The molecule has 1 heterocycles. The van der Waals surface area contributed by atoms with Gasteiger partial charge in [0.1, 0.15) is 18.4 Å². The second kappa shape index (κ2) is 12.7. The van der Waals surface area contributed by atoms with Crippen LogP contribution in [-0.4, -0.2) is 64.6 Å². The molecule has 2 atom stereocenters. The maximum Gasteiger partial charge on any atom is 0.305 e. The van der Waals surface area contributed by atoms with Crippen LogP contribution in [0.15, 0.2) is 84.9 Å². The van der Waals surface area contributed by atoms with Crippen molar-refractivity contribution in [1.29, 1.82) is 0 Å². The molecule has 1 aliphatic heterocycles. The molecule has 0 aromatic heterocycles. The van der Waals surface area contributed by atoms with Crippen molar-refractivity contribution in [1.82, 2.24) is 10.3 Å². The lowest BCUT2D eigenvalue weighted by atomic mass is 10.1. The van der Waals surface area contributed by atoms with Crippen molar-refractivity contribution in [3.63, 3.8) is 0 Å². The molecule has 0 spiro atoms. The van der Waals surface area contributed by atoms with Crippen LogP contribution in [-0.2, 0) is 30.4 Å². The average molecular weight is 557 g/mol. The third-order valence-corrected chi connectivity index (χ3v) is 6.51.